The molecule has 0 aliphatic heterocycles. The van der Waals surface area contributed by atoms with E-state index < -0.39 is 11.9 Å². The van der Waals surface area contributed by atoms with Crippen LogP contribution in [-0.4, -0.2) is 26.2 Å². The molecular formula is C17H15IO4. The van der Waals surface area contributed by atoms with E-state index in [0.29, 0.717) is 20.3 Å². The van der Waals surface area contributed by atoms with Crippen LogP contribution >= 0.6 is 22.6 Å². The van der Waals surface area contributed by atoms with Crippen molar-refractivity contribution in [3.05, 3.63) is 56.7 Å². The molecule has 0 N–H and O–H groups in total. The predicted octanol–water partition coefficient (Wildman–Crippen LogP) is 3.84. The summed E-state index contributed by atoms with van der Waals surface area (Å²) >= 11 is 2.01. The molecular weight excluding hydrogens is 395 g/mol. The molecule has 0 bridgehead atoms. The third-order valence-corrected chi connectivity index (χ3v) is 4.25. The van der Waals surface area contributed by atoms with Crippen molar-refractivity contribution in [1.82, 2.24) is 0 Å². The zero-order valence-electron chi connectivity index (χ0n) is 12.5. The van der Waals surface area contributed by atoms with E-state index in [0.717, 1.165) is 11.1 Å². The average Bonchev–Trinajstić information content (AvgIpc) is 2.53. The molecule has 0 unspecified atom stereocenters. The van der Waals surface area contributed by atoms with Gasteiger partial charge in [-0.1, -0.05) is 24.3 Å². The summed E-state index contributed by atoms with van der Waals surface area (Å²) in [6, 6.07) is 11.0. The van der Waals surface area contributed by atoms with Crippen LogP contribution in [0.1, 0.15) is 26.3 Å². The molecule has 0 saturated heterocycles. The highest BCUT2D eigenvalue weighted by Crippen LogP contribution is 2.31. The zero-order chi connectivity index (χ0) is 16.3. The molecule has 2 aromatic rings. The van der Waals surface area contributed by atoms with Crippen molar-refractivity contribution in [3.8, 4) is 11.1 Å². The number of halogens is 1. The molecule has 0 radical (unpaired) electrons. The topological polar surface area (TPSA) is 52.6 Å². The second-order valence-corrected chi connectivity index (χ2v) is 5.84. The molecule has 0 aliphatic carbocycles. The van der Waals surface area contributed by atoms with Gasteiger partial charge < -0.3 is 9.47 Å². The first-order chi connectivity index (χ1) is 10.5. The Hall–Kier alpha value is -1.89. The van der Waals surface area contributed by atoms with Crippen molar-refractivity contribution in [2.45, 2.75) is 6.92 Å². The number of carbonyl (C=O) groups excluding carboxylic acids is 2. The van der Waals surface area contributed by atoms with Crippen molar-refractivity contribution in [3.63, 3.8) is 0 Å². The van der Waals surface area contributed by atoms with Crippen molar-refractivity contribution in [2.75, 3.05) is 14.2 Å². The molecule has 0 atom stereocenters. The number of esters is 2. The number of hydrogen-bond acceptors (Lipinski definition) is 4. The fourth-order valence-electron chi connectivity index (χ4n) is 2.22. The maximum atomic E-state index is 12.1. The van der Waals surface area contributed by atoms with Crippen LogP contribution < -0.4 is 0 Å². The molecule has 22 heavy (non-hydrogen) atoms. The molecule has 4 nitrogen and oxygen atoms in total. The van der Waals surface area contributed by atoms with Crippen LogP contribution in [0.25, 0.3) is 11.1 Å². The average molecular weight is 410 g/mol. The molecule has 114 valence electrons. The molecule has 0 spiro atoms. The highest BCUT2D eigenvalue weighted by atomic mass is 127. The number of benzene rings is 2. The van der Waals surface area contributed by atoms with E-state index in [4.69, 9.17) is 9.47 Å². The van der Waals surface area contributed by atoms with Gasteiger partial charge in [0.15, 0.2) is 0 Å². The normalized spacial score (nSPS) is 10.2. The molecule has 0 saturated carbocycles. The number of ether oxygens (including phenoxy) is 2. The summed E-state index contributed by atoms with van der Waals surface area (Å²) in [6.45, 7) is 1.95. The van der Waals surface area contributed by atoms with Crippen LogP contribution in [-0.2, 0) is 9.47 Å². The van der Waals surface area contributed by atoms with E-state index in [9.17, 15) is 9.59 Å². The minimum atomic E-state index is -0.437. The van der Waals surface area contributed by atoms with E-state index in [1.807, 2.05) is 53.8 Å². The third kappa shape index (κ3) is 3.14. The maximum Gasteiger partial charge on any atom is 0.338 e. The lowest BCUT2D eigenvalue weighted by Crippen LogP contribution is -2.10. The van der Waals surface area contributed by atoms with Crippen molar-refractivity contribution < 1.29 is 19.1 Å². The lowest BCUT2D eigenvalue weighted by Gasteiger charge is -2.13. The second kappa shape index (κ2) is 6.91. The molecule has 5 heteroatoms. The lowest BCUT2D eigenvalue weighted by molar-refractivity contribution is 0.0586. The third-order valence-electron chi connectivity index (χ3n) is 3.35. The van der Waals surface area contributed by atoms with Crippen LogP contribution in [0, 0.1) is 10.5 Å². The lowest BCUT2D eigenvalue weighted by atomic mass is 9.94. The molecule has 0 amide bonds. The fourth-order valence-corrected chi connectivity index (χ4v) is 2.90. The SMILES string of the molecule is COC(=O)c1cc(-c2ccccc2C)c(C(=O)OC)cc1I. The van der Waals surface area contributed by atoms with Crippen molar-refractivity contribution >= 4 is 34.5 Å². The minimum Gasteiger partial charge on any atom is -0.465 e. The maximum absolute atomic E-state index is 12.1. The fraction of sp³-hybridized carbons (Fsp3) is 0.176. The van der Waals surface area contributed by atoms with Gasteiger partial charge in [0.2, 0.25) is 0 Å². The first kappa shape index (κ1) is 16.5. The van der Waals surface area contributed by atoms with E-state index in [1.165, 1.54) is 14.2 Å². The molecule has 0 heterocycles. The molecule has 2 rings (SSSR count). The highest BCUT2D eigenvalue weighted by molar-refractivity contribution is 14.1. The van der Waals surface area contributed by atoms with Gasteiger partial charge in [-0.25, -0.2) is 9.59 Å². The van der Waals surface area contributed by atoms with Crippen LogP contribution in [0.3, 0.4) is 0 Å². The number of methoxy groups -OCH3 is 2. The monoisotopic (exact) mass is 410 g/mol. The van der Waals surface area contributed by atoms with Gasteiger partial charge in [-0.3, -0.25) is 0 Å². The van der Waals surface area contributed by atoms with E-state index in [-0.39, 0.29) is 0 Å². The Labute approximate surface area is 142 Å². The standard InChI is InChI=1S/C17H15IO4/c1-10-6-4-5-7-11(10)12-8-14(17(20)22-3)15(18)9-13(12)16(19)21-2/h4-9H,1-3H3. The smallest absolute Gasteiger partial charge is 0.338 e. The summed E-state index contributed by atoms with van der Waals surface area (Å²) in [5.74, 6) is -0.872. The highest BCUT2D eigenvalue weighted by Gasteiger charge is 2.20. The Balaban J connectivity index is 2.76. The van der Waals surface area contributed by atoms with Crippen LogP contribution in [0.5, 0.6) is 0 Å². The Morgan fingerprint density at radius 2 is 1.50 bits per heavy atom. The van der Waals surface area contributed by atoms with E-state index >= 15 is 0 Å². The van der Waals surface area contributed by atoms with Gasteiger partial charge in [-0.05, 0) is 58.3 Å². The minimum absolute atomic E-state index is 0.425. The van der Waals surface area contributed by atoms with Gasteiger partial charge in [0.05, 0.1) is 25.3 Å². The number of aryl methyl sites for hydroxylation is 1. The van der Waals surface area contributed by atoms with Crippen molar-refractivity contribution in [2.24, 2.45) is 0 Å². The molecule has 0 aromatic heterocycles. The first-order valence-electron chi connectivity index (χ1n) is 6.55. The summed E-state index contributed by atoms with van der Waals surface area (Å²) in [7, 11) is 2.67. The zero-order valence-corrected chi connectivity index (χ0v) is 14.6. The Kier molecular flexibility index (Phi) is 5.18. The Morgan fingerprint density at radius 1 is 0.909 bits per heavy atom. The predicted molar refractivity (Wildman–Crippen MR) is 92.0 cm³/mol. The molecule has 0 aliphatic rings. The van der Waals surface area contributed by atoms with Crippen LogP contribution in [0.4, 0.5) is 0 Å². The summed E-state index contributed by atoms with van der Waals surface area (Å²) < 4.78 is 10.3. The number of hydrogen-bond donors (Lipinski definition) is 0. The van der Waals surface area contributed by atoms with Gasteiger partial charge in [0.1, 0.15) is 0 Å². The number of carbonyl (C=O) groups is 2. The Morgan fingerprint density at radius 3 is 2.09 bits per heavy atom. The van der Waals surface area contributed by atoms with Gasteiger partial charge in [-0.2, -0.15) is 0 Å². The molecule has 0 fully saturated rings. The number of rotatable bonds is 3. The van der Waals surface area contributed by atoms with Crippen LogP contribution in [0.2, 0.25) is 0 Å². The van der Waals surface area contributed by atoms with Gasteiger partial charge in [0, 0.05) is 3.57 Å². The Bertz CT molecular complexity index is 737. The van der Waals surface area contributed by atoms with Crippen LogP contribution in [0.15, 0.2) is 36.4 Å². The quantitative estimate of drug-likeness (QED) is 0.570. The van der Waals surface area contributed by atoms with Gasteiger partial charge in [-0.15, -0.1) is 0 Å². The van der Waals surface area contributed by atoms with Gasteiger partial charge in [0.25, 0.3) is 0 Å². The summed E-state index contributed by atoms with van der Waals surface area (Å²) in [5.41, 5.74) is 3.39. The largest absolute Gasteiger partial charge is 0.465 e. The summed E-state index contributed by atoms with van der Waals surface area (Å²) in [5, 5.41) is 0. The van der Waals surface area contributed by atoms with E-state index in [1.54, 1.807) is 12.1 Å². The summed E-state index contributed by atoms with van der Waals surface area (Å²) in [6.07, 6.45) is 0. The van der Waals surface area contributed by atoms with E-state index in [2.05, 4.69) is 0 Å². The first-order valence-corrected chi connectivity index (χ1v) is 7.63. The van der Waals surface area contributed by atoms with Crippen molar-refractivity contribution in [1.29, 1.82) is 0 Å². The second-order valence-electron chi connectivity index (χ2n) is 4.68. The molecule has 2 aromatic carbocycles. The van der Waals surface area contributed by atoms with Gasteiger partial charge >= 0.3 is 11.9 Å². The summed E-state index contributed by atoms with van der Waals surface area (Å²) in [4.78, 5) is 24.0.